The summed E-state index contributed by atoms with van der Waals surface area (Å²) in [5, 5.41) is 3.93. The number of nitrogens with zero attached hydrogens (tertiary/aromatic N) is 4. The summed E-state index contributed by atoms with van der Waals surface area (Å²) in [6.07, 6.45) is 0.660. The van der Waals surface area contributed by atoms with Crippen molar-refractivity contribution >= 4 is 17.4 Å². The molecule has 7 heteroatoms. The summed E-state index contributed by atoms with van der Waals surface area (Å²) in [5.74, 6) is -0.0433. The minimum Gasteiger partial charge on any atom is -0.333 e. The zero-order chi connectivity index (χ0) is 18.3. The van der Waals surface area contributed by atoms with E-state index in [2.05, 4.69) is 9.59 Å². The minimum absolute atomic E-state index is 0.00257. The maximum absolute atomic E-state index is 12.8. The lowest BCUT2D eigenvalue weighted by molar-refractivity contribution is 0.0736. The lowest BCUT2D eigenvalue weighted by Crippen LogP contribution is -2.39. The Hall–Kier alpha value is -2.80. The van der Waals surface area contributed by atoms with E-state index in [1.165, 1.54) is 0 Å². The van der Waals surface area contributed by atoms with Gasteiger partial charge in [0.2, 0.25) is 0 Å². The van der Waals surface area contributed by atoms with Crippen molar-refractivity contribution in [2.45, 2.75) is 19.9 Å². The molecule has 4 rings (SSSR count). The van der Waals surface area contributed by atoms with Crippen LogP contribution < -0.4 is 5.56 Å². The number of carbonyl (C=O) groups is 1. The monoisotopic (exact) mass is 366 g/mol. The van der Waals surface area contributed by atoms with Crippen molar-refractivity contribution in [1.29, 1.82) is 0 Å². The van der Waals surface area contributed by atoms with Gasteiger partial charge in [-0.1, -0.05) is 34.8 Å². The molecule has 2 aromatic heterocycles. The quantitative estimate of drug-likeness (QED) is 0.698. The van der Waals surface area contributed by atoms with Crippen molar-refractivity contribution in [1.82, 2.24) is 19.1 Å². The number of aryl methyl sites for hydroxylation is 1. The molecule has 0 saturated carbocycles. The second-order valence-electron chi connectivity index (χ2n) is 6.42. The molecule has 0 bridgehead atoms. The van der Waals surface area contributed by atoms with Gasteiger partial charge in [0.25, 0.3) is 11.5 Å². The highest BCUT2D eigenvalue weighted by atomic mass is 32.1. The molecule has 1 aliphatic heterocycles. The van der Waals surface area contributed by atoms with Gasteiger partial charge in [-0.05, 0) is 35.6 Å². The summed E-state index contributed by atoms with van der Waals surface area (Å²) in [7, 11) is 1.81. The zero-order valence-corrected chi connectivity index (χ0v) is 15.4. The van der Waals surface area contributed by atoms with E-state index in [9.17, 15) is 9.59 Å². The smallest absolute Gasteiger partial charge is 0.267 e. The second-order valence-corrected chi connectivity index (χ2v) is 7.18. The molecule has 0 spiro atoms. The molecular formula is C19H18N4O2S. The van der Waals surface area contributed by atoms with Gasteiger partial charge in [0.15, 0.2) is 0 Å². The number of aromatic nitrogens is 3. The van der Waals surface area contributed by atoms with Gasteiger partial charge in [0, 0.05) is 37.8 Å². The number of hydrogen-bond acceptors (Lipinski definition) is 5. The summed E-state index contributed by atoms with van der Waals surface area (Å²) in [6, 6.07) is 11.6. The van der Waals surface area contributed by atoms with Gasteiger partial charge >= 0.3 is 0 Å². The number of rotatable bonds is 2. The van der Waals surface area contributed by atoms with E-state index in [-0.39, 0.29) is 11.5 Å². The van der Waals surface area contributed by atoms with Crippen LogP contribution in [-0.2, 0) is 20.0 Å². The maximum Gasteiger partial charge on any atom is 0.267 e. The van der Waals surface area contributed by atoms with E-state index in [0.29, 0.717) is 35.6 Å². The first-order valence-electron chi connectivity index (χ1n) is 8.41. The number of hydrogen-bond donors (Lipinski definition) is 0. The van der Waals surface area contributed by atoms with Gasteiger partial charge in [0.1, 0.15) is 4.88 Å². The van der Waals surface area contributed by atoms with E-state index >= 15 is 0 Å². The predicted molar refractivity (Wildman–Crippen MR) is 100 cm³/mol. The molecule has 3 aromatic rings. The number of fused-ring (bicyclic) bond motifs is 1. The summed E-state index contributed by atoms with van der Waals surface area (Å²) >= 11 is 1.13. The number of benzene rings is 1. The highest BCUT2D eigenvalue weighted by Gasteiger charge is 2.27. The van der Waals surface area contributed by atoms with Crippen molar-refractivity contribution in [2.24, 2.45) is 7.05 Å². The van der Waals surface area contributed by atoms with Crippen molar-refractivity contribution in [2.75, 3.05) is 6.54 Å². The SMILES string of the molecule is Cc1nnsc1C(=O)N1CCc2c(cc(-c3ccccc3)c(=O)n2C)C1. The molecule has 0 fully saturated rings. The third-order valence-electron chi connectivity index (χ3n) is 4.83. The fourth-order valence-corrected chi connectivity index (χ4v) is 4.02. The normalized spacial score (nSPS) is 13.5. The van der Waals surface area contributed by atoms with Gasteiger partial charge in [-0.15, -0.1) is 5.10 Å². The van der Waals surface area contributed by atoms with Gasteiger partial charge in [-0.2, -0.15) is 0 Å². The molecule has 26 heavy (non-hydrogen) atoms. The molecule has 0 unspecified atom stereocenters. The number of pyridine rings is 1. The lowest BCUT2D eigenvalue weighted by atomic mass is 9.99. The Kier molecular flexibility index (Phi) is 4.16. The Balaban J connectivity index is 1.73. The van der Waals surface area contributed by atoms with Crippen molar-refractivity contribution in [3.8, 4) is 11.1 Å². The first-order valence-corrected chi connectivity index (χ1v) is 9.19. The predicted octanol–water partition coefficient (Wildman–Crippen LogP) is 2.41. The standard InChI is InChI=1S/C19H18N4O2S/c1-12-17(26-21-20-12)19(25)23-9-8-16-14(11-23)10-15(18(24)22(16)2)13-6-4-3-5-7-13/h3-7,10H,8-9,11H2,1-2H3. The molecule has 0 saturated heterocycles. The van der Waals surface area contributed by atoms with E-state index in [1.54, 1.807) is 11.5 Å². The molecule has 0 atom stereocenters. The second kappa shape index (κ2) is 6.49. The largest absolute Gasteiger partial charge is 0.333 e. The van der Waals surface area contributed by atoms with Crippen LogP contribution in [0.3, 0.4) is 0 Å². The molecular weight excluding hydrogens is 348 g/mol. The Morgan fingerprint density at radius 1 is 1.23 bits per heavy atom. The fourth-order valence-electron chi connectivity index (χ4n) is 3.40. The van der Waals surface area contributed by atoms with Gasteiger partial charge < -0.3 is 9.47 Å². The average molecular weight is 366 g/mol. The molecule has 0 aliphatic carbocycles. The molecule has 3 heterocycles. The Morgan fingerprint density at radius 3 is 2.69 bits per heavy atom. The van der Waals surface area contributed by atoms with Crippen molar-refractivity contribution in [3.63, 3.8) is 0 Å². The molecule has 0 N–H and O–H groups in total. The summed E-state index contributed by atoms with van der Waals surface area (Å²) in [5.41, 5.74) is 4.23. The highest BCUT2D eigenvalue weighted by molar-refractivity contribution is 7.07. The van der Waals surface area contributed by atoms with Crippen LogP contribution in [0.1, 0.15) is 26.6 Å². The summed E-state index contributed by atoms with van der Waals surface area (Å²) in [4.78, 5) is 27.9. The Morgan fingerprint density at radius 2 is 2.00 bits per heavy atom. The van der Waals surface area contributed by atoms with Crippen LogP contribution in [0.4, 0.5) is 0 Å². The van der Waals surface area contributed by atoms with Crippen LogP contribution in [0, 0.1) is 6.92 Å². The van der Waals surface area contributed by atoms with Crippen LogP contribution in [0.15, 0.2) is 41.2 Å². The number of carbonyl (C=O) groups excluding carboxylic acids is 1. The molecule has 0 radical (unpaired) electrons. The topological polar surface area (TPSA) is 68.1 Å². The van der Waals surface area contributed by atoms with E-state index in [0.717, 1.165) is 28.4 Å². The van der Waals surface area contributed by atoms with Crippen LogP contribution in [0.5, 0.6) is 0 Å². The summed E-state index contributed by atoms with van der Waals surface area (Å²) in [6.45, 7) is 2.87. The van der Waals surface area contributed by atoms with Gasteiger partial charge in [-0.3, -0.25) is 9.59 Å². The number of amides is 1. The summed E-state index contributed by atoms with van der Waals surface area (Å²) < 4.78 is 5.58. The van der Waals surface area contributed by atoms with Crippen molar-refractivity contribution in [3.05, 3.63) is 68.6 Å². The lowest BCUT2D eigenvalue weighted by Gasteiger charge is -2.30. The van der Waals surface area contributed by atoms with Gasteiger partial charge in [0.05, 0.1) is 5.69 Å². The van der Waals surface area contributed by atoms with Gasteiger partial charge in [-0.25, -0.2) is 0 Å². The van der Waals surface area contributed by atoms with E-state index < -0.39 is 0 Å². The fraction of sp³-hybridized carbons (Fsp3) is 0.263. The van der Waals surface area contributed by atoms with Crippen LogP contribution >= 0.6 is 11.5 Å². The first kappa shape index (κ1) is 16.7. The zero-order valence-electron chi connectivity index (χ0n) is 14.6. The first-order chi connectivity index (χ1) is 12.6. The highest BCUT2D eigenvalue weighted by Crippen LogP contribution is 2.25. The van der Waals surface area contributed by atoms with Crippen molar-refractivity contribution < 1.29 is 4.79 Å². The third-order valence-corrected chi connectivity index (χ3v) is 5.64. The Bertz CT molecular complexity index is 1040. The average Bonchev–Trinajstić information content (AvgIpc) is 3.10. The molecule has 1 aliphatic rings. The van der Waals surface area contributed by atoms with Crippen LogP contribution in [-0.4, -0.2) is 31.5 Å². The molecule has 1 amide bonds. The van der Waals surface area contributed by atoms with E-state index in [1.807, 2.05) is 48.3 Å². The Labute approximate surface area is 154 Å². The molecule has 1 aromatic carbocycles. The molecule has 6 nitrogen and oxygen atoms in total. The molecule has 132 valence electrons. The third kappa shape index (κ3) is 2.74. The maximum atomic E-state index is 12.8. The van der Waals surface area contributed by atoms with E-state index in [4.69, 9.17) is 0 Å². The minimum atomic E-state index is -0.0433. The van der Waals surface area contributed by atoms with Crippen LogP contribution in [0.25, 0.3) is 11.1 Å². The van der Waals surface area contributed by atoms with Crippen LogP contribution in [0.2, 0.25) is 0 Å².